The van der Waals surface area contributed by atoms with E-state index in [-0.39, 0.29) is 5.56 Å². The average molecular weight is 264 g/mol. The second-order valence-corrected chi connectivity index (χ2v) is 4.07. The van der Waals surface area contributed by atoms with Crippen molar-refractivity contribution in [1.29, 1.82) is 5.26 Å². The second kappa shape index (κ2) is 6.25. The number of hydrogen-bond donors (Lipinski definition) is 1. The number of pyridine rings is 3. The molecular formula is C15H12N4O. The molecule has 0 aliphatic carbocycles. The Bertz CT molecular complexity index is 812. The number of rotatable bonds is 0. The van der Waals surface area contributed by atoms with Crippen LogP contribution < -0.4 is 5.56 Å². The molecule has 0 saturated heterocycles. The normalized spacial score (nSPS) is 9.40. The van der Waals surface area contributed by atoms with Crippen LogP contribution in [0.15, 0.2) is 54.0 Å². The Kier molecular flexibility index (Phi) is 4.20. The van der Waals surface area contributed by atoms with Crippen LogP contribution in [-0.4, -0.2) is 15.0 Å². The molecular weight excluding hydrogens is 252 g/mol. The standard InChI is InChI=1S/C8H6N2O.C7H6N2/c11-8-7-5-9-3-1-6(7)2-4-10-8;1-6-2-3-9-5-7(6)4-8/h1-5H,(H,10,11);2-3,5H,1H3. The maximum absolute atomic E-state index is 11.1. The van der Waals surface area contributed by atoms with Gasteiger partial charge >= 0.3 is 0 Å². The Balaban J connectivity index is 0.000000151. The molecule has 98 valence electrons. The van der Waals surface area contributed by atoms with Gasteiger partial charge in [0.25, 0.3) is 5.56 Å². The first-order valence-corrected chi connectivity index (χ1v) is 5.94. The first kappa shape index (κ1) is 13.4. The van der Waals surface area contributed by atoms with Gasteiger partial charge in [0.1, 0.15) is 6.07 Å². The number of aromatic amines is 1. The van der Waals surface area contributed by atoms with Gasteiger partial charge in [-0.2, -0.15) is 5.26 Å². The van der Waals surface area contributed by atoms with Crippen LogP contribution in [0, 0.1) is 18.3 Å². The lowest BCUT2D eigenvalue weighted by Gasteiger charge is -1.91. The number of aryl methyl sites for hydroxylation is 1. The summed E-state index contributed by atoms with van der Waals surface area (Å²) >= 11 is 0. The zero-order chi connectivity index (χ0) is 14.4. The molecule has 20 heavy (non-hydrogen) atoms. The molecule has 3 rings (SSSR count). The minimum atomic E-state index is -0.0874. The Morgan fingerprint density at radius 1 is 1.15 bits per heavy atom. The van der Waals surface area contributed by atoms with Crippen molar-refractivity contribution in [3.05, 3.63) is 70.7 Å². The Morgan fingerprint density at radius 3 is 2.55 bits per heavy atom. The van der Waals surface area contributed by atoms with Crippen LogP contribution in [0.25, 0.3) is 10.8 Å². The first-order chi connectivity index (χ1) is 9.72. The summed E-state index contributed by atoms with van der Waals surface area (Å²) in [6.07, 6.45) is 8.10. The van der Waals surface area contributed by atoms with Crippen molar-refractivity contribution in [2.75, 3.05) is 0 Å². The maximum atomic E-state index is 11.1. The molecule has 0 saturated carbocycles. The predicted molar refractivity (Wildman–Crippen MR) is 76.1 cm³/mol. The van der Waals surface area contributed by atoms with Gasteiger partial charge in [-0.1, -0.05) is 0 Å². The van der Waals surface area contributed by atoms with Gasteiger partial charge in [-0.3, -0.25) is 14.8 Å². The predicted octanol–water partition coefficient (Wildman–Crippen LogP) is 2.18. The quantitative estimate of drug-likeness (QED) is 0.674. The highest BCUT2D eigenvalue weighted by molar-refractivity contribution is 5.79. The number of nitrogens with zero attached hydrogens (tertiary/aromatic N) is 3. The lowest BCUT2D eigenvalue weighted by atomic mass is 10.2. The molecule has 0 aliphatic heterocycles. The summed E-state index contributed by atoms with van der Waals surface area (Å²) in [6, 6.07) is 7.51. The van der Waals surface area contributed by atoms with Gasteiger partial charge in [0.2, 0.25) is 0 Å². The Morgan fingerprint density at radius 2 is 1.90 bits per heavy atom. The summed E-state index contributed by atoms with van der Waals surface area (Å²) < 4.78 is 0. The van der Waals surface area contributed by atoms with Crippen molar-refractivity contribution in [3.8, 4) is 6.07 Å². The average Bonchev–Trinajstić information content (AvgIpc) is 2.49. The lowest BCUT2D eigenvalue weighted by molar-refractivity contribution is 1.25. The van der Waals surface area contributed by atoms with E-state index in [0.29, 0.717) is 10.9 Å². The third kappa shape index (κ3) is 3.06. The van der Waals surface area contributed by atoms with E-state index < -0.39 is 0 Å². The monoisotopic (exact) mass is 264 g/mol. The molecule has 0 radical (unpaired) electrons. The third-order valence-electron chi connectivity index (χ3n) is 2.74. The SMILES string of the molecule is Cc1ccncc1C#N.O=c1[nH]ccc2ccncc12. The minimum Gasteiger partial charge on any atom is -0.329 e. The van der Waals surface area contributed by atoms with Gasteiger partial charge in [-0.25, -0.2) is 0 Å². The summed E-state index contributed by atoms with van der Waals surface area (Å²) in [7, 11) is 0. The van der Waals surface area contributed by atoms with Crippen LogP contribution >= 0.6 is 0 Å². The summed E-state index contributed by atoms with van der Waals surface area (Å²) in [5.74, 6) is 0. The van der Waals surface area contributed by atoms with E-state index in [9.17, 15) is 4.79 Å². The van der Waals surface area contributed by atoms with Crippen LogP contribution in [0.5, 0.6) is 0 Å². The summed E-state index contributed by atoms with van der Waals surface area (Å²) in [6.45, 7) is 1.89. The van der Waals surface area contributed by atoms with Crippen molar-refractivity contribution >= 4 is 10.8 Å². The number of nitrogens with one attached hydrogen (secondary N) is 1. The van der Waals surface area contributed by atoms with Crippen molar-refractivity contribution in [2.24, 2.45) is 0 Å². The minimum absolute atomic E-state index is 0.0874. The molecule has 0 unspecified atom stereocenters. The van der Waals surface area contributed by atoms with Gasteiger partial charge in [0, 0.05) is 31.0 Å². The summed E-state index contributed by atoms with van der Waals surface area (Å²) in [4.78, 5) is 21.3. The van der Waals surface area contributed by atoms with Crippen molar-refractivity contribution < 1.29 is 0 Å². The molecule has 1 N–H and O–H groups in total. The van der Waals surface area contributed by atoms with Gasteiger partial charge in [-0.05, 0) is 36.1 Å². The number of nitriles is 1. The fraction of sp³-hybridized carbons (Fsp3) is 0.0667. The molecule has 0 spiro atoms. The van der Waals surface area contributed by atoms with Gasteiger partial charge < -0.3 is 4.98 Å². The van der Waals surface area contributed by atoms with E-state index in [1.165, 1.54) is 0 Å². The maximum Gasteiger partial charge on any atom is 0.257 e. The van der Waals surface area contributed by atoms with Gasteiger partial charge in [-0.15, -0.1) is 0 Å². The molecule has 0 aliphatic rings. The molecule has 0 bridgehead atoms. The van der Waals surface area contributed by atoms with E-state index in [4.69, 9.17) is 5.26 Å². The number of H-pyrrole nitrogens is 1. The number of aromatic nitrogens is 3. The zero-order valence-corrected chi connectivity index (χ0v) is 10.9. The van der Waals surface area contributed by atoms with Crippen LogP contribution in [0.4, 0.5) is 0 Å². The zero-order valence-electron chi connectivity index (χ0n) is 10.9. The molecule has 3 aromatic rings. The van der Waals surface area contributed by atoms with Gasteiger partial charge in [0.15, 0.2) is 0 Å². The fourth-order valence-electron chi connectivity index (χ4n) is 1.61. The van der Waals surface area contributed by atoms with E-state index >= 15 is 0 Å². The largest absolute Gasteiger partial charge is 0.329 e. The second-order valence-electron chi connectivity index (χ2n) is 4.07. The molecule has 0 atom stereocenters. The van der Waals surface area contributed by atoms with Crippen LogP contribution in [-0.2, 0) is 0 Å². The molecule has 5 heteroatoms. The Labute approximate surface area is 115 Å². The first-order valence-electron chi connectivity index (χ1n) is 5.94. The highest BCUT2D eigenvalue weighted by Gasteiger charge is 1.93. The molecule has 5 nitrogen and oxygen atoms in total. The van der Waals surface area contributed by atoms with Gasteiger partial charge in [0.05, 0.1) is 10.9 Å². The molecule has 3 aromatic heterocycles. The molecule has 0 aromatic carbocycles. The number of fused-ring (bicyclic) bond motifs is 1. The van der Waals surface area contributed by atoms with Crippen molar-refractivity contribution in [2.45, 2.75) is 6.92 Å². The Hall–Kier alpha value is -3.00. The lowest BCUT2D eigenvalue weighted by Crippen LogP contribution is -2.03. The van der Waals surface area contributed by atoms with Crippen molar-refractivity contribution in [3.63, 3.8) is 0 Å². The van der Waals surface area contributed by atoms with Crippen LogP contribution in [0.2, 0.25) is 0 Å². The third-order valence-corrected chi connectivity index (χ3v) is 2.74. The van der Waals surface area contributed by atoms with E-state index in [0.717, 1.165) is 10.9 Å². The number of hydrogen-bond acceptors (Lipinski definition) is 4. The summed E-state index contributed by atoms with van der Waals surface area (Å²) in [5.41, 5.74) is 1.54. The topological polar surface area (TPSA) is 82.4 Å². The fourth-order valence-corrected chi connectivity index (χ4v) is 1.61. The van der Waals surface area contributed by atoms with E-state index in [1.807, 2.05) is 31.2 Å². The summed E-state index contributed by atoms with van der Waals surface area (Å²) in [5, 5.41) is 9.98. The highest BCUT2D eigenvalue weighted by atomic mass is 16.1. The van der Waals surface area contributed by atoms with Crippen molar-refractivity contribution in [1.82, 2.24) is 15.0 Å². The van der Waals surface area contributed by atoms with Crippen LogP contribution in [0.3, 0.4) is 0 Å². The molecule has 3 heterocycles. The molecule has 0 fully saturated rings. The van der Waals surface area contributed by atoms with E-state index in [1.54, 1.807) is 31.0 Å². The highest BCUT2D eigenvalue weighted by Crippen LogP contribution is 2.03. The van der Waals surface area contributed by atoms with Crippen LogP contribution in [0.1, 0.15) is 11.1 Å². The smallest absolute Gasteiger partial charge is 0.257 e. The molecule has 0 amide bonds. The van der Waals surface area contributed by atoms with E-state index in [2.05, 4.69) is 15.0 Å².